The first kappa shape index (κ1) is 19.7. The van der Waals surface area contributed by atoms with E-state index in [-0.39, 0.29) is 12.2 Å². The molecular weight excluding hydrogens is 378 g/mol. The number of nitrogens with zero attached hydrogens (tertiary/aromatic N) is 1. The van der Waals surface area contributed by atoms with Crippen LogP contribution in [0, 0.1) is 5.82 Å². The molecule has 1 saturated heterocycles. The summed E-state index contributed by atoms with van der Waals surface area (Å²) >= 11 is 0. The molecule has 0 unspecified atom stereocenters. The molecule has 3 amide bonds. The highest BCUT2D eigenvalue weighted by Crippen LogP contribution is 2.35. The van der Waals surface area contributed by atoms with Crippen molar-refractivity contribution in [3.05, 3.63) is 59.4 Å². The van der Waals surface area contributed by atoms with Crippen LogP contribution in [0.3, 0.4) is 0 Å². The Hall–Kier alpha value is -3.10. The number of halogens is 4. The number of rotatable bonds is 4. The first-order chi connectivity index (χ1) is 13.0. The van der Waals surface area contributed by atoms with Crippen molar-refractivity contribution in [2.75, 3.05) is 5.32 Å². The van der Waals surface area contributed by atoms with E-state index in [0.29, 0.717) is 11.3 Å². The van der Waals surface area contributed by atoms with E-state index in [1.165, 1.54) is 35.2 Å². The Bertz CT molecular complexity index is 924. The van der Waals surface area contributed by atoms with Crippen LogP contribution >= 0.6 is 0 Å². The number of benzene rings is 2. The van der Waals surface area contributed by atoms with Crippen LogP contribution in [0.1, 0.15) is 25.0 Å². The smallest absolute Gasteiger partial charge is 0.355 e. The monoisotopic (exact) mass is 395 g/mol. The van der Waals surface area contributed by atoms with Gasteiger partial charge in [0.2, 0.25) is 0 Å². The van der Waals surface area contributed by atoms with Crippen molar-refractivity contribution in [2.45, 2.75) is 32.1 Å². The average Bonchev–Trinajstić information content (AvgIpc) is 2.79. The summed E-state index contributed by atoms with van der Waals surface area (Å²) in [6.07, 6.45) is -4.56. The second-order valence-corrected chi connectivity index (χ2v) is 6.91. The first-order valence-electron chi connectivity index (χ1n) is 8.34. The second kappa shape index (κ2) is 6.81. The predicted molar refractivity (Wildman–Crippen MR) is 94.3 cm³/mol. The molecule has 3 rings (SSSR count). The third-order valence-electron chi connectivity index (χ3n) is 4.58. The predicted octanol–water partition coefficient (Wildman–Crippen LogP) is 4.42. The van der Waals surface area contributed by atoms with Gasteiger partial charge in [0.05, 0.1) is 12.1 Å². The molecule has 0 atom stereocenters. The van der Waals surface area contributed by atoms with Gasteiger partial charge in [-0.25, -0.2) is 9.18 Å². The Morgan fingerprint density at radius 1 is 1.07 bits per heavy atom. The maximum Gasteiger partial charge on any atom is 0.416 e. The lowest BCUT2D eigenvalue weighted by molar-refractivity contribution is -0.137. The minimum absolute atomic E-state index is 0.0910. The van der Waals surface area contributed by atoms with Crippen LogP contribution in [-0.4, -0.2) is 22.4 Å². The zero-order valence-electron chi connectivity index (χ0n) is 15.0. The number of carbonyl (C=O) groups is 2. The number of hydrogen-bond acceptors (Lipinski definition) is 3. The quantitative estimate of drug-likeness (QED) is 0.595. The lowest BCUT2D eigenvalue weighted by Crippen LogP contribution is -2.43. The Kier molecular flexibility index (Phi) is 4.78. The zero-order chi connectivity index (χ0) is 20.7. The largest absolute Gasteiger partial charge is 0.416 e. The highest BCUT2D eigenvalue weighted by molar-refractivity contribution is 6.06. The van der Waals surface area contributed by atoms with E-state index >= 15 is 0 Å². The van der Waals surface area contributed by atoms with E-state index in [1.54, 1.807) is 13.8 Å². The SMILES string of the molecule is CC1(C)C(=O)NC(=O)N1Cc1ccc(C(F)(F)F)cc1Nc1ccc(F)cc1. The Balaban J connectivity index is 1.99. The van der Waals surface area contributed by atoms with E-state index < -0.39 is 35.0 Å². The van der Waals surface area contributed by atoms with Gasteiger partial charge in [0.1, 0.15) is 11.4 Å². The Labute approximate surface area is 158 Å². The van der Waals surface area contributed by atoms with Gasteiger partial charge >= 0.3 is 12.2 Å². The van der Waals surface area contributed by atoms with Gasteiger partial charge in [-0.15, -0.1) is 0 Å². The van der Waals surface area contributed by atoms with Crippen LogP contribution in [-0.2, 0) is 17.5 Å². The van der Waals surface area contributed by atoms with Gasteiger partial charge in [-0.05, 0) is 55.8 Å². The van der Waals surface area contributed by atoms with Crippen molar-refractivity contribution < 1.29 is 27.2 Å². The maximum absolute atomic E-state index is 13.1. The van der Waals surface area contributed by atoms with E-state index in [4.69, 9.17) is 0 Å². The number of amides is 3. The summed E-state index contributed by atoms with van der Waals surface area (Å²) in [6.45, 7) is 3.00. The molecule has 2 N–H and O–H groups in total. The van der Waals surface area contributed by atoms with Crippen LogP contribution in [0.15, 0.2) is 42.5 Å². The average molecular weight is 395 g/mol. The van der Waals surface area contributed by atoms with Gasteiger partial charge in [-0.1, -0.05) is 6.07 Å². The van der Waals surface area contributed by atoms with Gasteiger partial charge < -0.3 is 10.2 Å². The molecule has 5 nitrogen and oxygen atoms in total. The molecule has 2 aromatic carbocycles. The van der Waals surface area contributed by atoms with E-state index in [2.05, 4.69) is 10.6 Å². The van der Waals surface area contributed by atoms with E-state index in [1.807, 2.05) is 0 Å². The second-order valence-electron chi connectivity index (χ2n) is 6.91. The van der Waals surface area contributed by atoms with Crippen LogP contribution in [0.25, 0.3) is 0 Å². The number of urea groups is 1. The van der Waals surface area contributed by atoms with Gasteiger partial charge in [0.15, 0.2) is 0 Å². The number of carbonyl (C=O) groups excluding carboxylic acids is 2. The highest BCUT2D eigenvalue weighted by atomic mass is 19.4. The van der Waals surface area contributed by atoms with Crippen LogP contribution in [0.4, 0.5) is 33.7 Å². The summed E-state index contributed by atoms with van der Waals surface area (Å²) in [5.41, 5.74) is -1.17. The fourth-order valence-electron chi connectivity index (χ4n) is 2.83. The highest BCUT2D eigenvalue weighted by Gasteiger charge is 2.45. The van der Waals surface area contributed by atoms with E-state index in [9.17, 15) is 27.2 Å². The molecular formula is C19H17F4N3O2. The summed E-state index contributed by atoms with van der Waals surface area (Å²) in [4.78, 5) is 25.3. The van der Waals surface area contributed by atoms with Crippen molar-refractivity contribution in [1.29, 1.82) is 0 Å². The molecule has 1 fully saturated rings. The zero-order valence-corrected chi connectivity index (χ0v) is 15.0. The number of alkyl halides is 3. The van der Waals surface area contributed by atoms with Crippen molar-refractivity contribution in [3.63, 3.8) is 0 Å². The topological polar surface area (TPSA) is 61.4 Å². The Morgan fingerprint density at radius 2 is 1.71 bits per heavy atom. The molecule has 0 radical (unpaired) electrons. The van der Waals surface area contributed by atoms with Gasteiger partial charge in [0.25, 0.3) is 5.91 Å². The van der Waals surface area contributed by atoms with Crippen molar-refractivity contribution in [2.24, 2.45) is 0 Å². The third kappa shape index (κ3) is 3.78. The summed E-state index contributed by atoms with van der Waals surface area (Å²) < 4.78 is 52.5. The minimum Gasteiger partial charge on any atom is -0.355 e. The normalized spacial score (nSPS) is 16.3. The van der Waals surface area contributed by atoms with E-state index in [0.717, 1.165) is 12.1 Å². The fourth-order valence-corrected chi connectivity index (χ4v) is 2.83. The summed E-state index contributed by atoms with van der Waals surface area (Å²) in [6, 6.07) is 7.57. The molecule has 0 spiro atoms. The molecule has 0 saturated carbocycles. The molecule has 1 aliphatic heterocycles. The molecule has 2 aromatic rings. The summed E-state index contributed by atoms with van der Waals surface area (Å²) in [5, 5.41) is 5.02. The van der Waals surface area contributed by atoms with Crippen molar-refractivity contribution in [3.8, 4) is 0 Å². The lowest BCUT2D eigenvalue weighted by Gasteiger charge is -2.29. The summed E-state index contributed by atoms with van der Waals surface area (Å²) in [5.74, 6) is -0.971. The molecule has 9 heteroatoms. The van der Waals surface area contributed by atoms with Crippen LogP contribution < -0.4 is 10.6 Å². The molecule has 0 aliphatic carbocycles. The number of nitrogens with one attached hydrogen (secondary N) is 2. The molecule has 0 bridgehead atoms. The number of imide groups is 1. The number of hydrogen-bond donors (Lipinski definition) is 2. The Morgan fingerprint density at radius 3 is 2.25 bits per heavy atom. The minimum atomic E-state index is -4.56. The molecule has 28 heavy (non-hydrogen) atoms. The van der Waals surface area contributed by atoms with Crippen LogP contribution in [0.2, 0.25) is 0 Å². The third-order valence-corrected chi connectivity index (χ3v) is 4.58. The standard InChI is InChI=1S/C19H17F4N3O2/c1-18(2)16(27)25-17(28)26(18)10-11-3-4-12(19(21,22)23)9-15(11)24-14-7-5-13(20)6-8-14/h3-9,24H,10H2,1-2H3,(H,25,27,28). The van der Waals surface area contributed by atoms with Crippen LogP contribution in [0.5, 0.6) is 0 Å². The van der Waals surface area contributed by atoms with Gasteiger partial charge in [-0.3, -0.25) is 10.1 Å². The van der Waals surface area contributed by atoms with Gasteiger partial charge in [-0.2, -0.15) is 13.2 Å². The lowest BCUT2D eigenvalue weighted by atomic mass is 10.0. The molecule has 148 valence electrons. The van der Waals surface area contributed by atoms with Crippen molar-refractivity contribution in [1.82, 2.24) is 10.2 Å². The van der Waals surface area contributed by atoms with Crippen molar-refractivity contribution >= 4 is 23.3 Å². The fraction of sp³-hybridized carbons (Fsp3) is 0.263. The number of anilines is 2. The first-order valence-corrected chi connectivity index (χ1v) is 8.34. The molecule has 1 heterocycles. The molecule has 1 aliphatic rings. The van der Waals surface area contributed by atoms with Gasteiger partial charge in [0, 0.05) is 11.4 Å². The molecule has 0 aromatic heterocycles. The maximum atomic E-state index is 13.1. The summed E-state index contributed by atoms with van der Waals surface area (Å²) in [7, 11) is 0.